The number of benzene rings is 2. The lowest BCUT2D eigenvalue weighted by molar-refractivity contribution is 0.195. The summed E-state index contributed by atoms with van der Waals surface area (Å²) in [5.74, 6) is 2.38. The molecule has 28 heavy (non-hydrogen) atoms. The summed E-state index contributed by atoms with van der Waals surface area (Å²) in [6.07, 6.45) is 2.00. The highest BCUT2D eigenvalue weighted by atomic mass is 16.5. The first-order chi connectivity index (χ1) is 13.3. The molecule has 0 aliphatic heterocycles. The van der Waals surface area contributed by atoms with E-state index in [1.807, 2.05) is 0 Å². The number of methoxy groups -OCH3 is 2. The Kier molecular flexibility index (Phi) is 8.12. The molecule has 0 fully saturated rings. The third-order valence-corrected chi connectivity index (χ3v) is 5.51. The predicted octanol–water partition coefficient (Wildman–Crippen LogP) is 7.31. The number of aryl methyl sites for hydroxylation is 1. The summed E-state index contributed by atoms with van der Waals surface area (Å²) in [6, 6.07) is 11.3. The number of ether oxygens (including phenoxy) is 2. The monoisotopic (exact) mass is 382 g/mol. The Morgan fingerprint density at radius 1 is 0.786 bits per heavy atom. The quantitative estimate of drug-likeness (QED) is 0.423. The molecular weight excluding hydrogens is 344 g/mol. The average molecular weight is 383 g/mol. The Hall–Kier alpha value is -1.80. The van der Waals surface area contributed by atoms with Crippen LogP contribution in [0.15, 0.2) is 30.3 Å². The maximum absolute atomic E-state index is 5.86. The van der Waals surface area contributed by atoms with Crippen molar-refractivity contribution in [3.05, 3.63) is 52.6 Å². The normalized spacial score (nSPS) is 11.7. The van der Waals surface area contributed by atoms with E-state index in [9.17, 15) is 0 Å². The van der Waals surface area contributed by atoms with E-state index >= 15 is 0 Å². The Morgan fingerprint density at radius 3 is 1.86 bits per heavy atom. The summed E-state index contributed by atoms with van der Waals surface area (Å²) in [4.78, 5) is 0. The van der Waals surface area contributed by atoms with Gasteiger partial charge in [0.15, 0.2) is 0 Å². The van der Waals surface area contributed by atoms with E-state index in [0.717, 1.165) is 25.2 Å². The molecule has 0 aromatic heterocycles. The highest BCUT2D eigenvalue weighted by molar-refractivity contribution is 5.81. The number of rotatable bonds is 9. The lowest BCUT2D eigenvalue weighted by Crippen LogP contribution is -2.06. The second-order valence-electron chi connectivity index (χ2n) is 8.63. The van der Waals surface area contributed by atoms with E-state index in [1.165, 1.54) is 33.4 Å². The first kappa shape index (κ1) is 22.5. The largest absolute Gasteiger partial charge is 0.496 e. The molecule has 0 atom stereocenters. The molecule has 2 aromatic rings. The molecule has 0 bridgehead atoms. The van der Waals surface area contributed by atoms with Crippen LogP contribution in [0.25, 0.3) is 11.1 Å². The molecule has 2 heteroatoms. The van der Waals surface area contributed by atoms with Crippen LogP contribution in [-0.2, 0) is 11.2 Å². The van der Waals surface area contributed by atoms with Crippen LogP contribution in [0, 0.1) is 0 Å². The van der Waals surface area contributed by atoms with Gasteiger partial charge in [0.05, 0.1) is 7.11 Å². The van der Waals surface area contributed by atoms with Gasteiger partial charge in [-0.15, -0.1) is 0 Å². The van der Waals surface area contributed by atoms with Crippen molar-refractivity contribution in [2.45, 2.75) is 72.1 Å². The summed E-state index contributed by atoms with van der Waals surface area (Å²) in [5, 5.41) is 0. The summed E-state index contributed by atoms with van der Waals surface area (Å²) in [7, 11) is 3.55. The van der Waals surface area contributed by atoms with E-state index in [-0.39, 0.29) is 0 Å². The minimum atomic E-state index is 0.447. The summed E-state index contributed by atoms with van der Waals surface area (Å²) < 4.78 is 11.2. The fraction of sp³-hybridized carbons (Fsp3) is 0.538. The van der Waals surface area contributed by atoms with E-state index < -0.39 is 0 Å². The van der Waals surface area contributed by atoms with Crippen molar-refractivity contribution in [1.82, 2.24) is 0 Å². The molecule has 0 amide bonds. The smallest absolute Gasteiger partial charge is 0.126 e. The standard InChI is InChI=1S/C26H38O2/c1-17(2)21-15-22(18(3)4)26(23(16-21)19(5)6)25-20(12-10-14-27-7)11-9-13-24(25)28-8/h9,11,13,15-19H,10,12,14H2,1-8H3. The lowest BCUT2D eigenvalue weighted by atomic mass is 9.80. The van der Waals surface area contributed by atoms with Gasteiger partial charge in [0.25, 0.3) is 0 Å². The zero-order valence-corrected chi connectivity index (χ0v) is 19.1. The van der Waals surface area contributed by atoms with Crippen molar-refractivity contribution in [2.24, 2.45) is 0 Å². The predicted molar refractivity (Wildman–Crippen MR) is 121 cm³/mol. The molecule has 2 aromatic carbocycles. The van der Waals surface area contributed by atoms with Crippen LogP contribution in [0.1, 0.15) is 88.0 Å². The third-order valence-electron chi connectivity index (χ3n) is 5.51. The molecule has 154 valence electrons. The number of hydrogen-bond donors (Lipinski definition) is 0. The third kappa shape index (κ3) is 4.97. The highest BCUT2D eigenvalue weighted by Gasteiger charge is 2.23. The highest BCUT2D eigenvalue weighted by Crippen LogP contribution is 2.44. The topological polar surface area (TPSA) is 18.5 Å². The van der Waals surface area contributed by atoms with Crippen LogP contribution in [0.5, 0.6) is 5.75 Å². The molecule has 2 rings (SSSR count). The molecule has 0 N–H and O–H groups in total. The SMILES string of the molecule is COCCCc1cccc(OC)c1-c1c(C(C)C)cc(C(C)C)cc1C(C)C. The molecule has 0 saturated carbocycles. The van der Waals surface area contributed by atoms with Crippen LogP contribution in [0.2, 0.25) is 0 Å². The van der Waals surface area contributed by atoms with Crippen molar-refractivity contribution in [1.29, 1.82) is 0 Å². The first-order valence-corrected chi connectivity index (χ1v) is 10.6. The molecule has 0 unspecified atom stereocenters. The van der Waals surface area contributed by atoms with Crippen molar-refractivity contribution >= 4 is 0 Å². The molecule has 0 heterocycles. The van der Waals surface area contributed by atoms with Gasteiger partial charge in [0, 0.05) is 19.3 Å². The Morgan fingerprint density at radius 2 is 1.39 bits per heavy atom. The summed E-state index contributed by atoms with van der Waals surface area (Å²) in [5.41, 5.74) is 8.26. The van der Waals surface area contributed by atoms with Crippen LogP contribution < -0.4 is 4.74 Å². The van der Waals surface area contributed by atoms with Gasteiger partial charge >= 0.3 is 0 Å². The molecule has 0 radical (unpaired) electrons. The fourth-order valence-corrected chi connectivity index (χ4v) is 3.89. The van der Waals surface area contributed by atoms with Gasteiger partial charge < -0.3 is 9.47 Å². The zero-order chi connectivity index (χ0) is 20.8. The molecule has 0 spiro atoms. The van der Waals surface area contributed by atoms with Gasteiger partial charge in [-0.05, 0) is 64.5 Å². The van der Waals surface area contributed by atoms with Gasteiger partial charge in [-0.2, -0.15) is 0 Å². The van der Waals surface area contributed by atoms with Crippen LogP contribution in [0.4, 0.5) is 0 Å². The maximum Gasteiger partial charge on any atom is 0.126 e. The molecule has 0 aliphatic carbocycles. The van der Waals surface area contributed by atoms with Gasteiger partial charge in [0.2, 0.25) is 0 Å². The Bertz CT molecular complexity index is 743. The van der Waals surface area contributed by atoms with Crippen LogP contribution in [0.3, 0.4) is 0 Å². The Labute approximate surface area is 172 Å². The van der Waals surface area contributed by atoms with Gasteiger partial charge in [-0.3, -0.25) is 0 Å². The minimum absolute atomic E-state index is 0.447. The van der Waals surface area contributed by atoms with Gasteiger partial charge in [0.1, 0.15) is 5.75 Å². The summed E-state index contributed by atoms with van der Waals surface area (Å²) >= 11 is 0. The summed E-state index contributed by atoms with van der Waals surface area (Å²) in [6.45, 7) is 14.5. The van der Waals surface area contributed by atoms with E-state index in [4.69, 9.17) is 9.47 Å². The van der Waals surface area contributed by atoms with Crippen LogP contribution >= 0.6 is 0 Å². The molecule has 0 saturated heterocycles. The number of hydrogen-bond acceptors (Lipinski definition) is 2. The van der Waals surface area contributed by atoms with Gasteiger partial charge in [-0.25, -0.2) is 0 Å². The second kappa shape index (κ2) is 10.1. The van der Waals surface area contributed by atoms with E-state index in [0.29, 0.717) is 17.8 Å². The average Bonchev–Trinajstić information content (AvgIpc) is 2.66. The van der Waals surface area contributed by atoms with Crippen molar-refractivity contribution < 1.29 is 9.47 Å². The van der Waals surface area contributed by atoms with E-state index in [2.05, 4.69) is 71.9 Å². The van der Waals surface area contributed by atoms with Crippen molar-refractivity contribution in [2.75, 3.05) is 20.8 Å². The first-order valence-electron chi connectivity index (χ1n) is 10.6. The Balaban J connectivity index is 2.82. The van der Waals surface area contributed by atoms with Crippen LogP contribution in [-0.4, -0.2) is 20.8 Å². The zero-order valence-electron chi connectivity index (χ0n) is 19.1. The van der Waals surface area contributed by atoms with Crippen molar-refractivity contribution in [3.63, 3.8) is 0 Å². The fourth-order valence-electron chi connectivity index (χ4n) is 3.89. The lowest BCUT2D eigenvalue weighted by Gasteiger charge is -2.26. The van der Waals surface area contributed by atoms with Gasteiger partial charge in [-0.1, -0.05) is 65.8 Å². The van der Waals surface area contributed by atoms with Crippen molar-refractivity contribution in [3.8, 4) is 16.9 Å². The molecule has 0 aliphatic rings. The molecular formula is C26H38O2. The maximum atomic E-state index is 5.86. The molecule has 2 nitrogen and oxygen atoms in total. The second-order valence-corrected chi connectivity index (χ2v) is 8.63. The minimum Gasteiger partial charge on any atom is -0.496 e. The van der Waals surface area contributed by atoms with E-state index in [1.54, 1.807) is 14.2 Å².